The maximum Gasteiger partial charge on any atom is 0.336 e. The molecule has 0 bridgehead atoms. The van der Waals surface area contributed by atoms with E-state index in [9.17, 15) is 9.59 Å². The van der Waals surface area contributed by atoms with Gasteiger partial charge in [-0.2, -0.15) is 0 Å². The predicted molar refractivity (Wildman–Crippen MR) is 91.7 cm³/mol. The molecule has 7 nitrogen and oxygen atoms in total. The van der Waals surface area contributed by atoms with E-state index < -0.39 is 12.1 Å². The molecule has 1 N–H and O–H groups in total. The third-order valence-corrected chi connectivity index (χ3v) is 4.53. The number of nitrogens with zero attached hydrogens (tertiary/aromatic N) is 1. The van der Waals surface area contributed by atoms with Crippen LogP contribution in [0.25, 0.3) is 0 Å². The SMILES string of the molecule is COC(=O)[C@@H]1CN(C(=O)Nc2ccc(OC3CCCC3)cc2)CCO1. The smallest absolute Gasteiger partial charge is 0.336 e. The Morgan fingerprint density at radius 2 is 1.92 bits per heavy atom. The van der Waals surface area contributed by atoms with Gasteiger partial charge in [-0.05, 0) is 49.9 Å². The summed E-state index contributed by atoms with van der Waals surface area (Å²) in [7, 11) is 1.31. The Hall–Kier alpha value is -2.28. The molecule has 0 aromatic heterocycles. The Bertz CT molecular complexity index is 598. The summed E-state index contributed by atoms with van der Waals surface area (Å²) >= 11 is 0. The third kappa shape index (κ3) is 4.63. The Kier molecular flexibility index (Phi) is 5.75. The number of urea groups is 1. The van der Waals surface area contributed by atoms with Gasteiger partial charge < -0.3 is 24.4 Å². The standard InChI is InChI=1S/C18H24N2O5/c1-23-17(21)16-12-20(10-11-24-16)18(22)19-13-6-8-15(9-7-13)25-14-4-2-3-5-14/h6-9,14,16H,2-5,10-12H2,1H3,(H,19,22)/t16-/m0/s1. The van der Waals surface area contributed by atoms with Crippen LogP contribution in [-0.2, 0) is 14.3 Å². The lowest BCUT2D eigenvalue weighted by Crippen LogP contribution is -2.50. The fraction of sp³-hybridized carbons (Fsp3) is 0.556. The van der Waals surface area contributed by atoms with Crippen molar-refractivity contribution in [2.24, 2.45) is 0 Å². The first-order valence-corrected chi connectivity index (χ1v) is 8.68. The van der Waals surface area contributed by atoms with Crippen LogP contribution < -0.4 is 10.1 Å². The number of rotatable bonds is 4. The fourth-order valence-electron chi connectivity index (χ4n) is 3.13. The first-order valence-electron chi connectivity index (χ1n) is 8.68. The van der Waals surface area contributed by atoms with Crippen LogP contribution in [0.4, 0.5) is 10.5 Å². The zero-order valence-electron chi connectivity index (χ0n) is 14.4. The van der Waals surface area contributed by atoms with E-state index in [2.05, 4.69) is 10.1 Å². The summed E-state index contributed by atoms with van der Waals surface area (Å²) < 4.78 is 15.9. The highest BCUT2D eigenvalue weighted by Crippen LogP contribution is 2.25. The molecule has 2 aliphatic rings. The summed E-state index contributed by atoms with van der Waals surface area (Å²) in [6.45, 7) is 0.922. The lowest BCUT2D eigenvalue weighted by atomic mass is 10.2. The summed E-state index contributed by atoms with van der Waals surface area (Å²) in [4.78, 5) is 25.5. The number of methoxy groups -OCH3 is 1. The summed E-state index contributed by atoms with van der Waals surface area (Å²) in [5.41, 5.74) is 0.685. The van der Waals surface area contributed by atoms with Gasteiger partial charge in [-0.1, -0.05) is 0 Å². The van der Waals surface area contributed by atoms with Gasteiger partial charge in [0.25, 0.3) is 0 Å². The van der Waals surface area contributed by atoms with E-state index in [0.29, 0.717) is 24.9 Å². The van der Waals surface area contributed by atoms with Crippen molar-refractivity contribution in [3.8, 4) is 5.75 Å². The summed E-state index contributed by atoms with van der Waals surface area (Å²) in [5, 5.41) is 2.83. The lowest BCUT2D eigenvalue weighted by molar-refractivity contribution is -0.158. The molecule has 1 atom stereocenters. The molecule has 0 spiro atoms. The van der Waals surface area contributed by atoms with Crippen molar-refractivity contribution in [1.29, 1.82) is 0 Å². The monoisotopic (exact) mass is 348 g/mol. The van der Waals surface area contributed by atoms with Gasteiger partial charge in [-0.15, -0.1) is 0 Å². The van der Waals surface area contributed by atoms with Crippen LogP contribution >= 0.6 is 0 Å². The van der Waals surface area contributed by atoms with Crippen molar-refractivity contribution in [3.05, 3.63) is 24.3 Å². The van der Waals surface area contributed by atoms with Crippen LogP contribution in [0, 0.1) is 0 Å². The van der Waals surface area contributed by atoms with Gasteiger partial charge in [-0.3, -0.25) is 0 Å². The highest BCUT2D eigenvalue weighted by molar-refractivity contribution is 5.90. The Morgan fingerprint density at radius 1 is 1.20 bits per heavy atom. The quantitative estimate of drug-likeness (QED) is 0.846. The molecule has 1 aliphatic carbocycles. The second-order valence-corrected chi connectivity index (χ2v) is 6.31. The third-order valence-electron chi connectivity index (χ3n) is 4.53. The molecular weight excluding hydrogens is 324 g/mol. The number of esters is 1. The first-order chi connectivity index (χ1) is 12.2. The molecule has 1 saturated carbocycles. The van der Waals surface area contributed by atoms with Crippen LogP contribution in [0.3, 0.4) is 0 Å². The van der Waals surface area contributed by atoms with Crippen molar-refractivity contribution < 1.29 is 23.8 Å². The van der Waals surface area contributed by atoms with Crippen molar-refractivity contribution in [3.63, 3.8) is 0 Å². The average Bonchev–Trinajstić information content (AvgIpc) is 3.16. The minimum Gasteiger partial charge on any atom is -0.490 e. The average molecular weight is 348 g/mol. The maximum atomic E-state index is 12.4. The highest BCUT2D eigenvalue weighted by atomic mass is 16.6. The van der Waals surface area contributed by atoms with Gasteiger partial charge in [-0.25, -0.2) is 9.59 Å². The normalized spacial score (nSPS) is 21.0. The zero-order valence-corrected chi connectivity index (χ0v) is 14.4. The van der Waals surface area contributed by atoms with E-state index in [1.54, 1.807) is 4.90 Å². The molecule has 2 amide bonds. The number of nitrogens with one attached hydrogen (secondary N) is 1. The van der Waals surface area contributed by atoms with Crippen molar-refractivity contribution in [2.75, 3.05) is 32.1 Å². The van der Waals surface area contributed by atoms with Crippen LogP contribution in [0.1, 0.15) is 25.7 Å². The molecule has 1 aromatic rings. The van der Waals surface area contributed by atoms with Gasteiger partial charge in [0.2, 0.25) is 0 Å². The second kappa shape index (κ2) is 8.20. The minimum absolute atomic E-state index is 0.182. The number of hydrogen-bond donors (Lipinski definition) is 1. The van der Waals surface area contributed by atoms with E-state index in [0.717, 1.165) is 18.6 Å². The van der Waals surface area contributed by atoms with Gasteiger partial charge in [0.05, 0.1) is 26.4 Å². The van der Waals surface area contributed by atoms with Crippen molar-refractivity contribution >= 4 is 17.7 Å². The molecule has 0 unspecified atom stereocenters. The molecule has 0 radical (unpaired) electrons. The van der Waals surface area contributed by atoms with Crippen LogP contribution in [0.5, 0.6) is 5.75 Å². The van der Waals surface area contributed by atoms with E-state index >= 15 is 0 Å². The molecular formula is C18H24N2O5. The van der Waals surface area contributed by atoms with E-state index in [1.807, 2.05) is 24.3 Å². The summed E-state index contributed by atoms with van der Waals surface area (Å²) in [6.07, 6.45) is 4.25. The first kappa shape index (κ1) is 17.5. The molecule has 25 heavy (non-hydrogen) atoms. The maximum absolute atomic E-state index is 12.4. The summed E-state index contributed by atoms with van der Waals surface area (Å²) in [6, 6.07) is 7.11. The molecule has 1 aliphatic heterocycles. The van der Waals surface area contributed by atoms with Gasteiger partial charge in [0, 0.05) is 12.2 Å². The molecule has 2 fully saturated rings. The number of ether oxygens (including phenoxy) is 3. The van der Waals surface area contributed by atoms with Crippen molar-refractivity contribution in [2.45, 2.75) is 37.9 Å². The van der Waals surface area contributed by atoms with Gasteiger partial charge in [0.1, 0.15) is 5.75 Å². The number of morpholine rings is 1. The number of hydrogen-bond acceptors (Lipinski definition) is 5. The number of amides is 2. The number of carbonyl (C=O) groups excluding carboxylic acids is 2. The second-order valence-electron chi connectivity index (χ2n) is 6.31. The van der Waals surface area contributed by atoms with Crippen molar-refractivity contribution in [1.82, 2.24) is 4.90 Å². The van der Waals surface area contributed by atoms with Gasteiger partial charge in [0.15, 0.2) is 6.10 Å². The number of carbonyl (C=O) groups is 2. The molecule has 1 heterocycles. The Balaban J connectivity index is 1.52. The fourth-order valence-corrected chi connectivity index (χ4v) is 3.13. The van der Waals surface area contributed by atoms with Crippen LogP contribution in [0.15, 0.2) is 24.3 Å². The highest BCUT2D eigenvalue weighted by Gasteiger charge is 2.30. The molecule has 136 valence electrons. The molecule has 1 aromatic carbocycles. The Labute approximate surface area is 147 Å². The van der Waals surface area contributed by atoms with Crippen LogP contribution in [0.2, 0.25) is 0 Å². The minimum atomic E-state index is -0.730. The summed E-state index contributed by atoms with van der Waals surface area (Å²) in [5.74, 6) is 0.355. The van der Waals surface area contributed by atoms with E-state index in [-0.39, 0.29) is 12.6 Å². The largest absolute Gasteiger partial charge is 0.490 e. The van der Waals surface area contributed by atoms with E-state index in [1.165, 1.54) is 20.0 Å². The number of anilines is 1. The molecule has 7 heteroatoms. The van der Waals surface area contributed by atoms with Crippen LogP contribution in [-0.4, -0.2) is 55.9 Å². The predicted octanol–water partition coefficient (Wildman–Crippen LogP) is 2.41. The molecule has 3 rings (SSSR count). The zero-order chi connectivity index (χ0) is 17.6. The van der Waals surface area contributed by atoms with Gasteiger partial charge >= 0.3 is 12.0 Å². The Morgan fingerprint density at radius 3 is 2.60 bits per heavy atom. The topological polar surface area (TPSA) is 77.1 Å². The lowest BCUT2D eigenvalue weighted by Gasteiger charge is -2.31. The number of benzene rings is 1. The molecule has 1 saturated heterocycles. The van der Waals surface area contributed by atoms with E-state index in [4.69, 9.17) is 9.47 Å².